The normalized spacial score (nSPS) is 17.2. The summed E-state index contributed by atoms with van der Waals surface area (Å²) < 4.78 is 116. The van der Waals surface area contributed by atoms with Crippen molar-refractivity contribution in [3.8, 4) is 0 Å². The molecular formula is C14H21F9. The van der Waals surface area contributed by atoms with Gasteiger partial charge in [-0.05, 0) is 44.9 Å². The Bertz CT molecular complexity index is 337. The first-order valence-corrected chi connectivity index (χ1v) is 7.10. The van der Waals surface area contributed by atoms with Crippen molar-refractivity contribution in [3.63, 3.8) is 0 Å². The lowest BCUT2D eigenvalue weighted by molar-refractivity contribution is -0.339. The summed E-state index contributed by atoms with van der Waals surface area (Å²) in [5.41, 5.74) is -4.01. The molecule has 0 N–H and O–H groups in total. The fraction of sp³-hybridized carbons (Fsp3) is 1.00. The summed E-state index contributed by atoms with van der Waals surface area (Å²) in [4.78, 5) is 0. The Morgan fingerprint density at radius 2 is 1.26 bits per heavy atom. The highest BCUT2D eigenvalue weighted by atomic mass is 19.4. The highest BCUT2D eigenvalue weighted by Crippen LogP contribution is 2.54. The topological polar surface area (TPSA) is 0 Å². The van der Waals surface area contributed by atoms with Crippen LogP contribution in [0.3, 0.4) is 0 Å². The van der Waals surface area contributed by atoms with E-state index in [4.69, 9.17) is 0 Å². The molecule has 140 valence electrons. The first kappa shape index (κ1) is 22.4. The van der Waals surface area contributed by atoms with Crippen LogP contribution in [0.4, 0.5) is 39.5 Å². The molecule has 2 unspecified atom stereocenters. The van der Waals surface area contributed by atoms with E-state index in [1.807, 2.05) is 0 Å². The van der Waals surface area contributed by atoms with Crippen molar-refractivity contribution in [1.82, 2.24) is 0 Å². The average Bonchev–Trinajstić information content (AvgIpc) is 2.31. The second-order valence-electron chi connectivity index (χ2n) is 6.50. The molecule has 0 nitrogen and oxygen atoms in total. The Balaban J connectivity index is 5.36. The molecule has 0 heterocycles. The molecule has 0 saturated carbocycles. The van der Waals surface area contributed by atoms with Crippen LogP contribution in [0.2, 0.25) is 0 Å². The third-order valence-electron chi connectivity index (χ3n) is 3.94. The number of alkyl halides is 9. The minimum Gasteiger partial charge on any atom is -0.251 e. The third kappa shape index (κ3) is 6.79. The van der Waals surface area contributed by atoms with Crippen molar-refractivity contribution in [2.45, 2.75) is 64.7 Å². The molecule has 23 heavy (non-hydrogen) atoms. The van der Waals surface area contributed by atoms with Crippen molar-refractivity contribution >= 4 is 0 Å². The molecule has 0 aromatic heterocycles. The number of halogens is 9. The van der Waals surface area contributed by atoms with E-state index in [-0.39, 0.29) is 13.3 Å². The Morgan fingerprint density at radius 1 is 0.826 bits per heavy atom. The van der Waals surface area contributed by atoms with Crippen molar-refractivity contribution in [1.29, 1.82) is 0 Å². The number of hydrogen-bond acceptors (Lipinski definition) is 0. The zero-order valence-corrected chi connectivity index (χ0v) is 13.1. The van der Waals surface area contributed by atoms with E-state index < -0.39 is 61.5 Å². The molecule has 0 aromatic carbocycles. The highest BCUT2D eigenvalue weighted by Gasteiger charge is 2.67. The summed E-state index contributed by atoms with van der Waals surface area (Å²) >= 11 is 0. The molecule has 0 radical (unpaired) electrons. The van der Waals surface area contributed by atoms with Crippen molar-refractivity contribution < 1.29 is 39.5 Å². The minimum absolute atomic E-state index is 0.0181. The van der Waals surface area contributed by atoms with E-state index in [1.54, 1.807) is 0 Å². The van der Waals surface area contributed by atoms with E-state index in [9.17, 15) is 39.5 Å². The van der Waals surface area contributed by atoms with Crippen molar-refractivity contribution in [2.24, 2.45) is 17.3 Å². The molecule has 0 aliphatic heterocycles. The van der Waals surface area contributed by atoms with Crippen LogP contribution in [0.25, 0.3) is 0 Å². The van der Waals surface area contributed by atoms with Crippen LogP contribution < -0.4 is 0 Å². The van der Waals surface area contributed by atoms with Crippen LogP contribution in [0.1, 0.15) is 46.5 Å². The maximum absolute atomic E-state index is 12.9. The van der Waals surface area contributed by atoms with Gasteiger partial charge in [0.05, 0.1) is 6.67 Å². The summed E-state index contributed by atoms with van der Waals surface area (Å²) in [5, 5.41) is 0. The molecule has 0 spiro atoms. The lowest BCUT2D eigenvalue weighted by Gasteiger charge is -2.37. The van der Waals surface area contributed by atoms with Crippen LogP contribution in [-0.2, 0) is 0 Å². The van der Waals surface area contributed by atoms with Crippen LogP contribution in [0.5, 0.6) is 0 Å². The molecule has 0 amide bonds. The van der Waals surface area contributed by atoms with Gasteiger partial charge < -0.3 is 0 Å². The summed E-state index contributed by atoms with van der Waals surface area (Å²) in [6, 6.07) is 0. The van der Waals surface area contributed by atoms with Gasteiger partial charge in [0.2, 0.25) is 5.92 Å². The van der Waals surface area contributed by atoms with Gasteiger partial charge in [0.15, 0.2) is 5.41 Å². The lowest BCUT2D eigenvalue weighted by atomic mass is 9.75. The largest absolute Gasteiger partial charge is 0.402 e. The highest BCUT2D eigenvalue weighted by molar-refractivity contribution is 4.91. The molecule has 9 heteroatoms. The Hall–Kier alpha value is -0.630. The Labute approximate surface area is 129 Å². The van der Waals surface area contributed by atoms with Gasteiger partial charge >= 0.3 is 12.4 Å². The van der Waals surface area contributed by atoms with Gasteiger partial charge in [-0.25, -0.2) is 8.78 Å². The van der Waals surface area contributed by atoms with E-state index in [1.165, 1.54) is 6.92 Å². The smallest absolute Gasteiger partial charge is 0.251 e. The predicted molar refractivity (Wildman–Crippen MR) is 67.9 cm³/mol. The van der Waals surface area contributed by atoms with Crippen LogP contribution in [-0.4, -0.2) is 24.9 Å². The van der Waals surface area contributed by atoms with Gasteiger partial charge in [0.1, 0.15) is 0 Å². The van der Waals surface area contributed by atoms with E-state index in [2.05, 4.69) is 0 Å². The van der Waals surface area contributed by atoms with Gasteiger partial charge in [0, 0.05) is 6.42 Å². The predicted octanol–water partition coefficient (Wildman–Crippen LogP) is 6.55. The maximum Gasteiger partial charge on any atom is 0.402 e. The standard InChI is InChI=1S/C14H21F9/c1-9(8-15)6-10(4-5-12(3,16)17)7-11(2,13(18,19)20)14(21,22)23/h9-10H,4-8H2,1-3H3. The minimum atomic E-state index is -5.57. The SMILES string of the molecule is CC(CF)CC(CCC(C)(F)F)CC(C)(C(F)(F)F)C(F)(F)F. The lowest BCUT2D eigenvalue weighted by Crippen LogP contribution is -2.49. The van der Waals surface area contributed by atoms with E-state index >= 15 is 0 Å². The van der Waals surface area contributed by atoms with Gasteiger partial charge in [-0.2, -0.15) is 26.3 Å². The Kier molecular flexibility index (Phi) is 7.30. The van der Waals surface area contributed by atoms with Gasteiger partial charge in [-0.3, -0.25) is 4.39 Å². The van der Waals surface area contributed by atoms with Gasteiger partial charge in [-0.1, -0.05) is 6.92 Å². The van der Waals surface area contributed by atoms with Crippen molar-refractivity contribution in [2.75, 3.05) is 6.67 Å². The quantitative estimate of drug-likeness (QED) is 0.430. The van der Waals surface area contributed by atoms with Crippen LogP contribution >= 0.6 is 0 Å². The fourth-order valence-corrected chi connectivity index (χ4v) is 2.36. The molecule has 2 atom stereocenters. The molecule has 0 aliphatic carbocycles. The maximum atomic E-state index is 12.9. The first-order valence-electron chi connectivity index (χ1n) is 7.10. The summed E-state index contributed by atoms with van der Waals surface area (Å²) in [5.74, 6) is -5.31. The summed E-state index contributed by atoms with van der Waals surface area (Å²) in [6.07, 6.45) is -14.2. The summed E-state index contributed by atoms with van der Waals surface area (Å²) in [6.45, 7) is 0.933. The van der Waals surface area contributed by atoms with E-state index in [0.29, 0.717) is 6.92 Å². The van der Waals surface area contributed by atoms with Crippen molar-refractivity contribution in [3.05, 3.63) is 0 Å². The van der Waals surface area contributed by atoms with Crippen LogP contribution in [0, 0.1) is 17.3 Å². The second-order valence-corrected chi connectivity index (χ2v) is 6.50. The third-order valence-corrected chi connectivity index (χ3v) is 3.94. The zero-order chi connectivity index (χ0) is 18.7. The van der Waals surface area contributed by atoms with Crippen LogP contribution in [0.15, 0.2) is 0 Å². The number of rotatable bonds is 8. The molecule has 0 rings (SSSR count). The van der Waals surface area contributed by atoms with E-state index in [0.717, 1.165) is 0 Å². The molecular weight excluding hydrogens is 339 g/mol. The summed E-state index contributed by atoms with van der Waals surface area (Å²) in [7, 11) is 0. The van der Waals surface area contributed by atoms with Gasteiger partial charge in [-0.15, -0.1) is 0 Å². The average molecular weight is 360 g/mol. The monoisotopic (exact) mass is 360 g/mol. The first-order chi connectivity index (χ1) is 10.0. The Morgan fingerprint density at radius 3 is 1.57 bits per heavy atom. The zero-order valence-electron chi connectivity index (χ0n) is 13.1. The second kappa shape index (κ2) is 7.51. The van der Waals surface area contributed by atoms with Gasteiger partial charge in [0.25, 0.3) is 0 Å². The molecule has 0 aromatic rings. The molecule has 0 saturated heterocycles. The molecule has 0 aliphatic rings. The number of hydrogen-bond donors (Lipinski definition) is 0. The fourth-order valence-electron chi connectivity index (χ4n) is 2.36. The molecule has 0 bridgehead atoms. The molecule has 0 fully saturated rings.